The Morgan fingerprint density at radius 2 is 1.35 bits per heavy atom. The van der Waals surface area contributed by atoms with E-state index in [1.165, 1.54) is 5.56 Å². The van der Waals surface area contributed by atoms with Crippen LogP contribution in [-0.2, 0) is 37.4 Å². The second kappa shape index (κ2) is 10.9. The van der Waals surface area contributed by atoms with E-state index < -0.39 is 0 Å². The number of halogens is 1. The SMILES string of the molecule is O=C1C=Cc2ccccc2C1.[Cl-].[O-]c1ccccc1-c1ccccc1.[Zr+2]. The fourth-order valence-electron chi connectivity index (χ4n) is 2.61. The van der Waals surface area contributed by atoms with Gasteiger partial charge in [-0.05, 0) is 28.3 Å². The van der Waals surface area contributed by atoms with Crippen LogP contribution in [0.2, 0.25) is 0 Å². The largest absolute Gasteiger partial charge is 2.00 e. The van der Waals surface area contributed by atoms with Crippen LogP contribution in [0, 0.1) is 0 Å². The molecule has 0 unspecified atom stereocenters. The van der Waals surface area contributed by atoms with Gasteiger partial charge in [-0.1, -0.05) is 84.9 Å². The first-order chi connectivity index (χ1) is 11.7. The number of rotatable bonds is 1. The zero-order chi connectivity index (χ0) is 16.8. The Bertz CT molecular complexity index is 876. The molecule has 4 rings (SSSR count). The molecule has 0 bridgehead atoms. The molecule has 0 aromatic heterocycles. The van der Waals surface area contributed by atoms with Gasteiger partial charge in [0.1, 0.15) is 0 Å². The molecule has 2 nitrogen and oxygen atoms in total. The molecule has 26 heavy (non-hydrogen) atoms. The summed E-state index contributed by atoms with van der Waals surface area (Å²) in [5.41, 5.74) is 4.06. The molecule has 128 valence electrons. The van der Waals surface area contributed by atoms with Crippen molar-refractivity contribution in [2.75, 3.05) is 0 Å². The number of carbonyl (C=O) groups is 1. The zero-order valence-electron chi connectivity index (χ0n) is 14.1. The molecule has 0 fully saturated rings. The maximum atomic E-state index is 11.4. The van der Waals surface area contributed by atoms with Gasteiger partial charge in [-0.3, -0.25) is 4.79 Å². The molecule has 0 atom stereocenters. The van der Waals surface area contributed by atoms with Crippen LogP contribution in [0.15, 0.2) is 84.9 Å². The Morgan fingerprint density at radius 3 is 2.08 bits per heavy atom. The monoisotopic (exact) mass is 438 g/mol. The number of carbonyl (C=O) groups excluding carboxylic acids is 1. The summed E-state index contributed by atoms with van der Waals surface area (Å²) in [6, 6.07) is 24.7. The van der Waals surface area contributed by atoms with Crippen molar-refractivity contribution >= 4 is 11.9 Å². The van der Waals surface area contributed by atoms with E-state index in [0.29, 0.717) is 6.42 Å². The first-order valence-corrected chi connectivity index (χ1v) is 7.84. The smallest absolute Gasteiger partial charge is 1.00 e. The van der Waals surface area contributed by atoms with E-state index in [4.69, 9.17) is 0 Å². The minimum absolute atomic E-state index is 0. The average molecular weight is 440 g/mol. The molecule has 0 saturated carbocycles. The predicted octanol–water partition coefficient (Wildman–Crippen LogP) is 1.25. The van der Waals surface area contributed by atoms with Crippen LogP contribution >= 0.6 is 0 Å². The van der Waals surface area contributed by atoms with Gasteiger partial charge in [-0.15, -0.1) is 5.75 Å². The third-order valence-corrected chi connectivity index (χ3v) is 3.84. The summed E-state index contributed by atoms with van der Waals surface area (Å²) in [6.45, 7) is 0. The van der Waals surface area contributed by atoms with Gasteiger partial charge in [0, 0.05) is 6.42 Å². The molecule has 3 aromatic carbocycles. The number of hydrogen-bond donors (Lipinski definition) is 0. The number of fused-ring (bicyclic) bond motifs is 1. The maximum absolute atomic E-state index is 11.4. The van der Waals surface area contributed by atoms with Crippen molar-refractivity contribution < 1.29 is 48.5 Å². The van der Waals surface area contributed by atoms with E-state index >= 15 is 0 Å². The van der Waals surface area contributed by atoms with Crippen LogP contribution in [0.5, 0.6) is 5.75 Å². The number of allylic oxidation sites excluding steroid dienone is 1. The quantitative estimate of drug-likeness (QED) is 0.572. The zero-order valence-corrected chi connectivity index (χ0v) is 17.3. The van der Waals surface area contributed by atoms with E-state index in [-0.39, 0.29) is 50.1 Å². The number of ketones is 1. The molecular weight excluding hydrogens is 423 g/mol. The van der Waals surface area contributed by atoms with Crippen LogP contribution in [-0.4, -0.2) is 5.78 Å². The third kappa shape index (κ3) is 5.79. The first kappa shape index (κ1) is 22.1. The van der Waals surface area contributed by atoms with Gasteiger partial charge < -0.3 is 17.5 Å². The minimum atomic E-state index is 0. The molecule has 0 saturated heterocycles. The van der Waals surface area contributed by atoms with Gasteiger partial charge in [0.05, 0.1) is 0 Å². The van der Waals surface area contributed by atoms with Crippen LogP contribution in [0.3, 0.4) is 0 Å². The third-order valence-electron chi connectivity index (χ3n) is 3.84. The van der Waals surface area contributed by atoms with Gasteiger partial charge in [0.25, 0.3) is 0 Å². The molecule has 4 heteroatoms. The van der Waals surface area contributed by atoms with E-state index in [1.54, 1.807) is 18.2 Å². The molecular formula is C22H17ClO2Zr. The summed E-state index contributed by atoms with van der Waals surface area (Å²) in [4.78, 5) is 10.9. The second-order valence-electron chi connectivity index (χ2n) is 5.54. The van der Waals surface area contributed by atoms with Crippen molar-refractivity contribution in [2.45, 2.75) is 6.42 Å². The maximum Gasteiger partial charge on any atom is 2.00 e. The van der Waals surface area contributed by atoms with Gasteiger partial charge in [0.2, 0.25) is 0 Å². The standard InChI is InChI=1S/C12H10O.C10H8O.ClH.Zr/c13-12-9-5-4-8-11(12)10-6-2-1-3-7-10;11-10-6-5-8-3-1-2-4-9(8)7-10;;/h1-9,13H;1-6H,7H2;1H;/q;;;+2/p-2. The molecule has 0 N–H and O–H groups in total. The summed E-state index contributed by atoms with van der Waals surface area (Å²) in [6.07, 6.45) is 4.08. The van der Waals surface area contributed by atoms with Crippen molar-refractivity contribution in [3.8, 4) is 16.9 Å². The van der Waals surface area contributed by atoms with Crippen molar-refractivity contribution in [2.24, 2.45) is 0 Å². The van der Waals surface area contributed by atoms with Crippen LogP contribution in [0.1, 0.15) is 11.1 Å². The molecule has 3 aromatic rings. The topological polar surface area (TPSA) is 40.1 Å². The summed E-state index contributed by atoms with van der Waals surface area (Å²) in [5, 5.41) is 11.4. The molecule has 0 spiro atoms. The fraction of sp³-hybridized carbons (Fsp3) is 0.0455. The van der Waals surface area contributed by atoms with Gasteiger partial charge >= 0.3 is 26.2 Å². The number of hydrogen-bond acceptors (Lipinski definition) is 2. The summed E-state index contributed by atoms with van der Waals surface area (Å²) in [7, 11) is 0. The Balaban J connectivity index is 0.000000244. The normalized spacial score (nSPS) is 11.2. The van der Waals surface area contributed by atoms with Crippen molar-refractivity contribution in [3.63, 3.8) is 0 Å². The van der Waals surface area contributed by atoms with Gasteiger partial charge in [0.15, 0.2) is 5.78 Å². The summed E-state index contributed by atoms with van der Waals surface area (Å²) < 4.78 is 0. The molecule has 1 aliphatic rings. The van der Waals surface area contributed by atoms with E-state index in [1.807, 2.05) is 72.8 Å². The molecule has 0 amide bonds. The molecule has 1 aliphatic carbocycles. The van der Waals surface area contributed by atoms with E-state index in [9.17, 15) is 9.90 Å². The van der Waals surface area contributed by atoms with Crippen molar-refractivity contribution in [1.29, 1.82) is 0 Å². The predicted molar refractivity (Wildman–Crippen MR) is 95.5 cm³/mol. The Kier molecular flexibility index (Phi) is 9.26. The van der Waals surface area contributed by atoms with E-state index in [2.05, 4.69) is 0 Å². The van der Waals surface area contributed by atoms with Crippen LogP contribution in [0.4, 0.5) is 0 Å². The summed E-state index contributed by atoms with van der Waals surface area (Å²) >= 11 is 0. The Morgan fingerprint density at radius 1 is 0.731 bits per heavy atom. The van der Waals surface area contributed by atoms with Crippen LogP contribution in [0.25, 0.3) is 17.2 Å². The molecule has 0 radical (unpaired) electrons. The minimum Gasteiger partial charge on any atom is -1.00 e. The van der Waals surface area contributed by atoms with E-state index in [0.717, 1.165) is 16.7 Å². The number of benzene rings is 3. The first-order valence-electron chi connectivity index (χ1n) is 7.84. The molecule has 0 aliphatic heterocycles. The Labute approximate surface area is 179 Å². The number of para-hydroxylation sites is 1. The Hall–Kier alpha value is -1.96. The van der Waals surface area contributed by atoms with Crippen molar-refractivity contribution in [1.82, 2.24) is 0 Å². The second-order valence-corrected chi connectivity index (χ2v) is 5.54. The van der Waals surface area contributed by atoms with Crippen molar-refractivity contribution in [3.05, 3.63) is 96.1 Å². The van der Waals surface area contributed by atoms with Gasteiger partial charge in [-0.25, -0.2) is 0 Å². The van der Waals surface area contributed by atoms with Gasteiger partial charge in [-0.2, -0.15) is 0 Å². The molecule has 0 heterocycles. The summed E-state index contributed by atoms with van der Waals surface area (Å²) in [5.74, 6) is 0.275. The fourth-order valence-corrected chi connectivity index (χ4v) is 2.61. The average Bonchev–Trinajstić information content (AvgIpc) is 2.63. The van der Waals surface area contributed by atoms with Crippen LogP contribution < -0.4 is 17.5 Å².